The molecule has 0 aromatic rings. The van der Waals surface area contributed by atoms with Crippen molar-refractivity contribution >= 4 is 5.91 Å². The van der Waals surface area contributed by atoms with Gasteiger partial charge < -0.3 is 15.0 Å². The van der Waals surface area contributed by atoms with Crippen LogP contribution in [0.15, 0.2) is 0 Å². The predicted molar refractivity (Wildman–Crippen MR) is 80.7 cm³/mol. The Balaban J connectivity index is 1.64. The Morgan fingerprint density at radius 2 is 2.00 bits per heavy atom. The van der Waals surface area contributed by atoms with Gasteiger partial charge in [0.15, 0.2) is 0 Å². The number of ether oxygens (including phenoxy) is 1. The van der Waals surface area contributed by atoms with Crippen molar-refractivity contribution in [3.8, 4) is 0 Å². The molecule has 0 radical (unpaired) electrons. The normalized spacial score (nSPS) is 26.1. The van der Waals surface area contributed by atoms with Gasteiger partial charge in [0, 0.05) is 19.7 Å². The maximum absolute atomic E-state index is 12.3. The first-order valence-corrected chi connectivity index (χ1v) is 8.38. The number of nitrogens with zero attached hydrogens (tertiary/aromatic N) is 1. The molecule has 4 heteroatoms. The highest BCUT2D eigenvalue weighted by atomic mass is 16.5. The molecule has 1 N–H and O–H groups in total. The molecule has 20 heavy (non-hydrogen) atoms. The second kappa shape index (κ2) is 8.63. The van der Waals surface area contributed by atoms with Gasteiger partial charge in [-0.3, -0.25) is 4.79 Å². The number of carbonyl (C=O) groups excluding carboxylic acids is 1. The van der Waals surface area contributed by atoms with Crippen LogP contribution in [0.4, 0.5) is 0 Å². The molecule has 0 aromatic carbocycles. The summed E-state index contributed by atoms with van der Waals surface area (Å²) in [6, 6.07) is 0. The number of amides is 1. The number of nitrogens with one attached hydrogen (secondary N) is 1. The molecule has 0 bridgehead atoms. The van der Waals surface area contributed by atoms with Crippen molar-refractivity contribution < 1.29 is 9.53 Å². The van der Waals surface area contributed by atoms with E-state index < -0.39 is 0 Å². The quantitative estimate of drug-likeness (QED) is 0.840. The van der Waals surface area contributed by atoms with Crippen LogP contribution in [0.3, 0.4) is 0 Å². The fraction of sp³-hybridized carbons (Fsp3) is 0.938. The van der Waals surface area contributed by atoms with Crippen molar-refractivity contribution in [2.45, 2.75) is 58.0 Å². The maximum Gasteiger partial charge on any atom is 0.251 e. The van der Waals surface area contributed by atoms with Crippen LogP contribution in [0.25, 0.3) is 0 Å². The van der Waals surface area contributed by atoms with Crippen molar-refractivity contribution in [2.75, 3.05) is 32.8 Å². The highest BCUT2D eigenvalue weighted by Gasteiger charge is 2.22. The van der Waals surface area contributed by atoms with E-state index in [2.05, 4.69) is 5.32 Å². The number of rotatable bonds is 5. The highest BCUT2D eigenvalue weighted by molar-refractivity contribution is 5.80. The summed E-state index contributed by atoms with van der Waals surface area (Å²) in [5.41, 5.74) is 0. The minimum absolute atomic E-state index is 0.189. The van der Waals surface area contributed by atoms with Crippen molar-refractivity contribution in [3.05, 3.63) is 0 Å². The maximum atomic E-state index is 12.3. The summed E-state index contributed by atoms with van der Waals surface area (Å²) in [6.45, 7) is 6.72. The SMILES string of the molecule is CC(OCCC1CCCNC1)C(=O)N1CCCCCC1. The van der Waals surface area contributed by atoms with Crippen molar-refractivity contribution in [2.24, 2.45) is 5.92 Å². The molecule has 0 spiro atoms. The second-order valence-electron chi connectivity index (χ2n) is 6.25. The Bertz CT molecular complexity index is 282. The van der Waals surface area contributed by atoms with E-state index in [-0.39, 0.29) is 12.0 Å². The van der Waals surface area contributed by atoms with E-state index in [9.17, 15) is 4.79 Å². The fourth-order valence-electron chi connectivity index (χ4n) is 3.20. The van der Waals surface area contributed by atoms with Gasteiger partial charge in [0.25, 0.3) is 5.91 Å². The molecule has 2 unspecified atom stereocenters. The highest BCUT2D eigenvalue weighted by Crippen LogP contribution is 2.15. The average Bonchev–Trinajstić information content (AvgIpc) is 2.76. The number of hydrogen-bond donors (Lipinski definition) is 1. The lowest BCUT2D eigenvalue weighted by Gasteiger charge is -2.26. The first-order chi connectivity index (χ1) is 9.77. The monoisotopic (exact) mass is 282 g/mol. The summed E-state index contributed by atoms with van der Waals surface area (Å²) < 4.78 is 5.78. The molecule has 2 aliphatic rings. The zero-order valence-corrected chi connectivity index (χ0v) is 12.9. The zero-order chi connectivity index (χ0) is 14.2. The molecule has 2 aliphatic heterocycles. The topological polar surface area (TPSA) is 41.6 Å². The first-order valence-electron chi connectivity index (χ1n) is 8.38. The van der Waals surface area contributed by atoms with E-state index in [1.165, 1.54) is 25.7 Å². The van der Waals surface area contributed by atoms with Crippen LogP contribution in [0.2, 0.25) is 0 Å². The minimum Gasteiger partial charge on any atom is -0.369 e. The Morgan fingerprint density at radius 3 is 2.65 bits per heavy atom. The van der Waals surface area contributed by atoms with Gasteiger partial charge in [-0.2, -0.15) is 0 Å². The smallest absolute Gasteiger partial charge is 0.251 e. The van der Waals surface area contributed by atoms with E-state index in [4.69, 9.17) is 4.74 Å². The summed E-state index contributed by atoms with van der Waals surface area (Å²) in [5.74, 6) is 0.915. The molecule has 0 aliphatic carbocycles. The summed E-state index contributed by atoms with van der Waals surface area (Å²) in [5, 5.41) is 3.42. The molecule has 2 saturated heterocycles. The molecule has 0 aromatic heterocycles. The van der Waals surface area contributed by atoms with Gasteiger partial charge in [-0.15, -0.1) is 0 Å². The van der Waals surface area contributed by atoms with Crippen molar-refractivity contribution in [1.82, 2.24) is 10.2 Å². The summed E-state index contributed by atoms with van der Waals surface area (Å²) in [4.78, 5) is 14.3. The van der Waals surface area contributed by atoms with E-state index in [0.717, 1.165) is 51.4 Å². The van der Waals surface area contributed by atoms with Crippen molar-refractivity contribution in [3.63, 3.8) is 0 Å². The van der Waals surface area contributed by atoms with E-state index >= 15 is 0 Å². The van der Waals surface area contributed by atoms with Crippen LogP contribution in [0, 0.1) is 5.92 Å². The molecular weight excluding hydrogens is 252 g/mol. The second-order valence-corrected chi connectivity index (χ2v) is 6.25. The van der Waals surface area contributed by atoms with Gasteiger partial charge in [0.2, 0.25) is 0 Å². The molecule has 2 rings (SSSR count). The Morgan fingerprint density at radius 1 is 1.25 bits per heavy atom. The molecule has 1 amide bonds. The molecule has 2 fully saturated rings. The Labute approximate surface area is 123 Å². The van der Waals surface area contributed by atoms with Crippen molar-refractivity contribution in [1.29, 1.82) is 0 Å². The number of carbonyl (C=O) groups is 1. The third kappa shape index (κ3) is 5.06. The third-order valence-corrected chi connectivity index (χ3v) is 4.56. The lowest BCUT2D eigenvalue weighted by atomic mass is 9.97. The molecule has 116 valence electrons. The molecule has 2 atom stereocenters. The van der Waals surface area contributed by atoms with E-state index in [0.29, 0.717) is 6.61 Å². The van der Waals surface area contributed by atoms with Gasteiger partial charge in [0.1, 0.15) is 6.10 Å². The van der Waals surface area contributed by atoms with E-state index in [1.807, 2.05) is 11.8 Å². The number of hydrogen-bond acceptors (Lipinski definition) is 3. The number of likely N-dealkylation sites (tertiary alicyclic amines) is 1. The Kier molecular flexibility index (Phi) is 6.80. The summed E-state index contributed by atoms with van der Waals surface area (Å²) in [7, 11) is 0. The third-order valence-electron chi connectivity index (χ3n) is 4.56. The van der Waals surface area contributed by atoms with Crippen LogP contribution in [0.5, 0.6) is 0 Å². The van der Waals surface area contributed by atoms with E-state index in [1.54, 1.807) is 0 Å². The minimum atomic E-state index is -0.273. The average molecular weight is 282 g/mol. The molecule has 0 saturated carbocycles. The zero-order valence-electron chi connectivity index (χ0n) is 12.9. The van der Waals surface area contributed by atoms with Gasteiger partial charge in [-0.25, -0.2) is 0 Å². The van der Waals surface area contributed by atoms with Crippen LogP contribution in [0.1, 0.15) is 51.9 Å². The number of piperidine rings is 1. The summed E-state index contributed by atoms with van der Waals surface area (Å²) in [6.07, 6.45) is 8.17. The largest absolute Gasteiger partial charge is 0.369 e. The molecule has 2 heterocycles. The lowest BCUT2D eigenvalue weighted by Crippen LogP contribution is -2.40. The summed E-state index contributed by atoms with van der Waals surface area (Å²) >= 11 is 0. The van der Waals surface area contributed by atoms with Gasteiger partial charge in [-0.1, -0.05) is 12.8 Å². The standard InChI is InChI=1S/C16H30N2O2/c1-14(16(19)18-10-4-2-3-5-11-18)20-12-8-15-7-6-9-17-13-15/h14-15,17H,2-13H2,1H3. The Hall–Kier alpha value is -0.610. The van der Waals surface area contributed by atoms with Crippen LogP contribution < -0.4 is 5.32 Å². The predicted octanol–water partition coefficient (Wildman–Crippen LogP) is 2.18. The first kappa shape index (κ1) is 15.8. The van der Waals surface area contributed by atoms with Gasteiger partial charge >= 0.3 is 0 Å². The van der Waals surface area contributed by atoms with Gasteiger partial charge in [0.05, 0.1) is 0 Å². The lowest BCUT2D eigenvalue weighted by molar-refractivity contribution is -0.142. The fourth-order valence-corrected chi connectivity index (χ4v) is 3.20. The van der Waals surface area contributed by atoms with Crippen LogP contribution in [-0.4, -0.2) is 49.7 Å². The molecular formula is C16H30N2O2. The molecule has 4 nitrogen and oxygen atoms in total. The van der Waals surface area contributed by atoms with Crippen LogP contribution >= 0.6 is 0 Å². The van der Waals surface area contributed by atoms with Gasteiger partial charge in [-0.05, 0) is 58.0 Å². The van der Waals surface area contributed by atoms with Crippen LogP contribution in [-0.2, 0) is 9.53 Å².